The van der Waals surface area contributed by atoms with Gasteiger partial charge in [0, 0.05) is 13.6 Å². The maximum Gasteiger partial charge on any atom is 0.244 e. The lowest BCUT2D eigenvalue weighted by Gasteiger charge is -2.21. The van der Waals surface area contributed by atoms with Crippen LogP contribution in [0, 0.1) is 0 Å². The number of carbonyl (C=O) groups excluding carboxylic acids is 1. The highest BCUT2D eigenvalue weighted by Crippen LogP contribution is 2.36. The minimum atomic E-state index is -0.348. The monoisotopic (exact) mass is 286 g/mol. The van der Waals surface area contributed by atoms with Crippen molar-refractivity contribution in [2.24, 2.45) is 0 Å². The van der Waals surface area contributed by atoms with E-state index < -0.39 is 0 Å². The van der Waals surface area contributed by atoms with Gasteiger partial charge >= 0.3 is 0 Å². The van der Waals surface area contributed by atoms with E-state index in [4.69, 9.17) is 10.5 Å². The van der Waals surface area contributed by atoms with Crippen LogP contribution in [0.4, 0.5) is 10.8 Å². The zero-order valence-corrected chi connectivity index (χ0v) is 12.9. The van der Waals surface area contributed by atoms with E-state index in [-0.39, 0.29) is 18.1 Å². The average molecular weight is 286 g/mol. The molecule has 108 valence electrons. The molecule has 0 aliphatic heterocycles. The molecule has 0 fully saturated rings. The van der Waals surface area contributed by atoms with Gasteiger partial charge in [-0.05, 0) is 39.2 Å². The maximum absolute atomic E-state index is 12.0. The van der Waals surface area contributed by atoms with E-state index in [0.29, 0.717) is 23.1 Å². The number of hydrogen-bond acceptors (Lipinski definition) is 6. The summed E-state index contributed by atoms with van der Waals surface area (Å²) in [6, 6.07) is -0.348. The van der Waals surface area contributed by atoms with Crippen LogP contribution >= 0.6 is 11.5 Å². The summed E-state index contributed by atoms with van der Waals surface area (Å²) in [6.07, 6.45) is 0.00331. The Bertz CT molecular complexity index is 433. The number of ether oxygens (including phenoxy) is 1. The first-order valence-electron chi connectivity index (χ1n) is 6.30. The van der Waals surface area contributed by atoms with Gasteiger partial charge in [-0.2, -0.15) is 4.37 Å². The number of rotatable bonds is 6. The number of nitrogens with two attached hydrogens (primary N) is 1. The molecule has 0 saturated carbocycles. The number of nitrogens with zero attached hydrogens (tertiary/aromatic N) is 2. The van der Waals surface area contributed by atoms with Crippen LogP contribution in [0.5, 0.6) is 5.75 Å². The smallest absolute Gasteiger partial charge is 0.244 e. The molecule has 19 heavy (non-hydrogen) atoms. The number of anilines is 2. The highest BCUT2D eigenvalue weighted by molar-refractivity contribution is 7.11. The summed E-state index contributed by atoms with van der Waals surface area (Å²) in [5.41, 5.74) is 5.77. The summed E-state index contributed by atoms with van der Waals surface area (Å²) >= 11 is 1.20. The van der Waals surface area contributed by atoms with Gasteiger partial charge in [0.2, 0.25) is 5.91 Å². The molecule has 0 aromatic carbocycles. The van der Waals surface area contributed by atoms with Crippen LogP contribution < -0.4 is 15.8 Å². The predicted octanol–water partition coefficient (Wildman–Crippen LogP) is 1.79. The molecule has 7 heteroatoms. The van der Waals surface area contributed by atoms with Crippen molar-refractivity contribution >= 4 is 28.3 Å². The molecule has 1 rings (SSSR count). The standard InChI is InChI=1S/C12H22N4O2S/c1-6-16(5)12(17)8(4)14-11-9(18-7(2)3)10(13)15-19-11/h7-8,14H,6H2,1-5H3,(H2,13,15). The second-order valence-electron chi connectivity index (χ2n) is 4.61. The third kappa shape index (κ3) is 3.99. The summed E-state index contributed by atoms with van der Waals surface area (Å²) in [5.74, 6) is 0.897. The van der Waals surface area contributed by atoms with Crippen molar-refractivity contribution in [2.45, 2.75) is 39.8 Å². The van der Waals surface area contributed by atoms with Crippen molar-refractivity contribution in [3.8, 4) is 5.75 Å². The quantitative estimate of drug-likeness (QED) is 0.833. The Morgan fingerprint density at radius 1 is 1.53 bits per heavy atom. The van der Waals surface area contributed by atoms with Crippen molar-refractivity contribution in [2.75, 3.05) is 24.6 Å². The summed E-state index contributed by atoms with van der Waals surface area (Å²) < 4.78 is 9.67. The van der Waals surface area contributed by atoms with Crippen LogP contribution in [0.2, 0.25) is 0 Å². The van der Waals surface area contributed by atoms with Gasteiger partial charge in [-0.3, -0.25) is 4.79 Å². The highest BCUT2D eigenvalue weighted by atomic mass is 32.1. The third-order valence-corrected chi connectivity index (χ3v) is 3.37. The van der Waals surface area contributed by atoms with Gasteiger partial charge in [0.05, 0.1) is 6.10 Å². The van der Waals surface area contributed by atoms with Gasteiger partial charge in [0.15, 0.2) is 16.6 Å². The van der Waals surface area contributed by atoms with E-state index in [0.717, 1.165) is 0 Å². The molecular formula is C12H22N4O2S. The van der Waals surface area contributed by atoms with Gasteiger partial charge in [0.1, 0.15) is 6.04 Å². The summed E-state index contributed by atoms with van der Waals surface area (Å²) in [5, 5.41) is 3.80. The van der Waals surface area contributed by atoms with Crippen molar-refractivity contribution < 1.29 is 9.53 Å². The molecule has 0 aliphatic rings. The Balaban J connectivity index is 2.79. The Kier molecular flexibility index (Phi) is 5.41. The molecule has 0 saturated heterocycles. The summed E-state index contributed by atoms with van der Waals surface area (Å²) in [6.45, 7) is 8.25. The first-order valence-corrected chi connectivity index (χ1v) is 7.07. The van der Waals surface area contributed by atoms with Crippen LogP contribution in [0.25, 0.3) is 0 Å². The molecule has 1 amide bonds. The molecule has 0 spiro atoms. The molecule has 1 atom stereocenters. The number of likely N-dealkylation sites (N-methyl/N-ethyl adjacent to an activating group) is 1. The molecule has 0 radical (unpaired) electrons. The fourth-order valence-corrected chi connectivity index (χ4v) is 2.22. The van der Waals surface area contributed by atoms with E-state index in [9.17, 15) is 4.79 Å². The van der Waals surface area contributed by atoms with Crippen molar-refractivity contribution in [3.05, 3.63) is 0 Å². The van der Waals surface area contributed by atoms with Crippen LogP contribution in [-0.2, 0) is 4.79 Å². The third-order valence-electron chi connectivity index (χ3n) is 2.60. The second kappa shape index (κ2) is 6.60. The van der Waals surface area contributed by atoms with Crippen LogP contribution in [0.1, 0.15) is 27.7 Å². The predicted molar refractivity (Wildman–Crippen MR) is 78.7 cm³/mol. The normalized spacial score (nSPS) is 12.3. The molecule has 0 bridgehead atoms. The van der Waals surface area contributed by atoms with Gasteiger partial charge in [0.25, 0.3) is 0 Å². The lowest BCUT2D eigenvalue weighted by Crippen LogP contribution is -2.38. The molecule has 1 aromatic heterocycles. The minimum absolute atomic E-state index is 0.00331. The van der Waals surface area contributed by atoms with E-state index in [1.54, 1.807) is 11.9 Å². The van der Waals surface area contributed by atoms with Gasteiger partial charge in [-0.15, -0.1) is 0 Å². The van der Waals surface area contributed by atoms with Crippen molar-refractivity contribution in [3.63, 3.8) is 0 Å². The number of amides is 1. The van der Waals surface area contributed by atoms with E-state index in [2.05, 4.69) is 9.69 Å². The summed E-state index contributed by atoms with van der Waals surface area (Å²) in [4.78, 5) is 13.7. The zero-order valence-electron chi connectivity index (χ0n) is 12.1. The van der Waals surface area contributed by atoms with E-state index in [1.165, 1.54) is 11.5 Å². The molecule has 1 aromatic rings. The van der Waals surface area contributed by atoms with Crippen LogP contribution in [0.15, 0.2) is 0 Å². The second-order valence-corrected chi connectivity index (χ2v) is 5.38. The fourth-order valence-electron chi connectivity index (χ4n) is 1.48. The Morgan fingerprint density at radius 2 is 2.16 bits per heavy atom. The van der Waals surface area contributed by atoms with Gasteiger partial charge in [-0.1, -0.05) is 0 Å². The van der Waals surface area contributed by atoms with Crippen LogP contribution in [0.3, 0.4) is 0 Å². The van der Waals surface area contributed by atoms with Crippen molar-refractivity contribution in [1.82, 2.24) is 9.27 Å². The Morgan fingerprint density at radius 3 is 2.68 bits per heavy atom. The molecule has 3 N–H and O–H groups in total. The van der Waals surface area contributed by atoms with Gasteiger partial charge in [-0.25, -0.2) is 0 Å². The first kappa shape index (κ1) is 15.6. The van der Waals surface area contributed by atoms with Crippen LogP contribution in [-0.4, -0.2) is 40.9 Å². The topological polar surface area (TPSA) is 80.5 Å². The SMILES string of the molecule is CCN(C)C(=O)C(C)Nc1snc(N)c1OC(C)C. The van der Waals surface area contributed by atoms with E-state index >= 15 is 0 Å². The number of aromatic nitrogens is 1. The first-order chi connectivity index (χ1) is 8.86. The van der Waals surface area contributed by atoms with Gasteiger partial charge < -0.3 is 20.7 Å². The van der Waals surface area contributed by atoms with Crippen molar-refractivity contribution in [1.29, 1.82) is 0 Å². The minimum Gasteiger partial charge on any atom is -0.484 e. The number of hydrogen-bond donors (Lipinski definition) is 2. The Labute approximate surface area is 118 Å². The molecule has 1 unspecified atom stereocenters. The number of nitrogens with one attached hydrogen (secondary N) is 1. The largest absolute Gasteiger partial charge is 0.484 e. The molecular weight excluding hydrogens is 264 g/mol. The lowest BCUT2D eigenvalue weighted by atomic mass is 10.3. The number of carbonyl (C=O) groups is 1. The maximum atomic E-state index is 12.0. The number of nitrogen functional groups attached to an aromatic ring is 1. The molecule has 6 nitrogen and oxygen atoms in total. The molecule has 0 aliphatic carbocycles. The Hall–Kier alpha value is -1.50. The lowest BCUT2D eigenvalue weighted by molar-refractivity contribution is -0.130. The highest BCUT2D eigenvalue weighted by Gasteiger charge is 2.21. The zero-order chi connectivity index (χ0) is 14.6. The average Bonchev–Trinajstić information content (AvgIpc) is 2.68. The molecule has 1 heterocycles. The summed E-state index contributed by atoms with van der Waals surface area (Å²) in [7, 11) is 1.77. The van der Waals surface area contributed by atoms with E-state index in [1.807, 2.05) is 27.7 Å². The fraction of sp³-hybridized carbons (Fsp3) is 0.667.